The molecule has 2 N–H and O–H groups in total. The molecule has 0 aliphatic carbocycles. The molecule has 4 aromatic carbocycles. The number of benzene rings is 4. The van der Waals surface area contributed by atoms with E-state index < -0.39 is 11.6 Å². The normalized spacial score (nSPS) is 20.2. The molecule has 312 valence electrons. The van der Waals surface area contributed by atoms with Crippen molar-refractivity contribution in [1.82, 2.24) is 0 Å². The van der Waals surface area contributed by atoms with Gasteiger partial charge >= 0.3 is 5.97 Å². The van der Waals surface area contributed by atoms with Crippen molar-refractivity contribution in [3.05, 3.63) is 105 Å². The van der Waals surface area contributed by atoms with Gasteiger partial charge in [-0.1, -0.05) is 30.3 Å². The van der Waals surface area contributed by atoms with Crippen LogP contribution < -0.4 is 0 Å². The topological polar surface area (TPSA) is 159 Å². The number of phenols is 2. The quantitative estimate of drug-likeness (QED) is 0.264. The van der Waals surface area contributed by atoms with Crippen molar-refractivity contribution in [2.75, 3.05) is 106 Å². The molecule has 7 rings (SSSR count). The fourth-order valence-corrected chi connectivity index (χ4v) is 7.69. The lowest BCUT2D eigenvalue weighted by Crippen LogP contribution is -2.42. The number of hydrogen-bond donors (Lipinski definition) is 2. The zero-order chi connectivity index (χ0) is 40.0. The van der Waals surface area contributed by atoms with E-state index in [-0.39, 0.29) is 64.4 Å². The van der Waals surface area contributed by atoms with E-state index in [1.54, 1.807) is 30.3 Å². The van der Waals surface area contributed by atoms with Crippen LogP contribution in [0.3, 0.4) is 0 Å². The molecule has 3 heterocycles. The number of fused-ring (bicyclic) bond motifs is 4. The van der Waals surface area contributed by atoms with Crippen LogP contribution in [-0.4, -0.2) is 122 Å². The highest BCUT2D eigenvalue weighted by Gasteiger charge is 2.50. The van der Waals surface area contributed by atoms with Gasteiger partial charge in [0, 0.05) is 22.1 Å². The SMILES string of the molecule is O=C1OC(c2c3cc(O)cc2COCCOCCOCCOCCOC3)(c2c3cc(O)cc2COCCOCCOCCOCCOC3)c2cccc3cccc1c23. The van der Waals surface area contributed by atoms with E-state index >= 15 is 0 Å². The predicted octanol–water partition coefficient (Wildman–Crippen LogP) is 4.91. The average Bonchev–Trinajstić information content (AvgIpc) is 3.21. The van der Waals surface area contributed by atoms with Crippen LogP contribution in [0.2, 0.25) is 0 Å². The van der Waals surface area contributed by atoms with Gasteiger partial charge in [-0.2, -0.15) is 0 Å². The molecule has 4 aromatic rings. The third kappa shape index (κ3) is 10.1. The van der Waals surface area contributed by atoms with Gasteiger partial charge in [0.2, 0.25) is 0 Å². The van der Waals surface area contributed by atoms with Gasteiger partial charge < -0.3 is 62.3 Å². The van der Waals surface area contributed by atoms with Crippen molar-refractivity contribution in [1.29, 1.82) is 0 Å². The molecule has 0 amide bonds. The number of cyclic esters (lactones) is 1. The van der Waals surface area contributed by atoms with E-state index in [0.717, 1.165) is 5.39 Å². The van der Waals surface area contributed by atoms with Crippen LogP contribution in [0, 0.1) is 0 Å². The van der Waals surface area contributed by atoms with Crippen LogP contribution in [0.1, 0.15) is 49.3 Å². The van der Waals surface area contributed by atoms with Crippen LogP contribution in [0.5, 0.6) is 11.5 Å². The Hall–Kier alpha value is -4.19. The van der Waals surface area contributed by atoms with E-state index in [2.05, 4.69) is 0 Å². The molecule has 3 aliphatic rings. The Morgan fingerprint density at radius 2 is 0.759 bits per heavy atom. The summed E-state index contributed by atoms with van der Waals surface area (Å²) < 4.78 is 66.2. The molecule has 0 saturated heterocycles. The summed E-state index contributed by atoms with van der Waals surface area (Å²) in [6.45, 7) is 5.47. The Balaban J connectivity index is 1.45. The molecule has 0 saturated carbocycles. The lowest BCUT2D eigenvalue weighted by Gasteiger charge is -2.43. The third-order valence-electron chi connectivity index (χ3n) is 10.0. The lowest BCUT2D eigenvalue weighted by molar-refractivity contribution is -0.0178. The molecule has 14 heteroatoms. The van der Waals surface area contributed by atoms with Gasteiger partial charge in [-0.05, 0) is 58.0 Å². The van der Waals surface area contributed by atoms with Gasteiger partial charge in [0.25, 0.3) is 0 Å². The fraction of sp³-hybridized carbons (Fsp3) is 0.477. The maximum atomic E-state index is 14.7. The van der Waals surface area contributed by atoms with Gasteiger partial charge in [-0.25, -0.2) is 4.79 Å². The number of carbonyl (C=O) groups is 1. The molecule has 58 heavy (non-hydrogen) atoms. The lowest BCUT2D eigenvalue weighted by atomic mass is 9.70. The minimum absolute atomic E-state index is 0.0186. The van der Waals surface area contributed by atoms with Gasteiger partial charge in [0.15, 0.2) is 5.60 Å². The Kier molecular flexibility index (Phi) is 15.3. The maximum absolute atomic E-state index is 14.7. The van der Waals surface area contributed by atoms with Crippen molar-refractivity contribution in [2.45, 2.75) is 32.0 Å². The Morgan fingerprint density at radius 3 is 1.12 bits per heavy atom. The van der Waals surface area contributed by atoms with Crippen molar-refractivity contribution in [3.8, 4) is 11.5 Å². The number of esters is 1. The summed E-state index contributed by atoms with van der Waals surface area (Å²) in [5, 5.41) is 24.2. The minimum atomic E-state index is -1.71. The summed E-state index contributed by atoms with van der Waals surface area (Å²) in [4.78, 5) is 14.7. The summed E-state index contributed by atoms with van der Waals surface area (Å²) in [5.74, 6) is -0.598. The molecule has 0 spiro atoms. The van der Waals surface area contributed by atoms with E-state index in [4.69, 9.17) is 52.1 Å². The number of aromatic hydroxyl groups is 2. The Bertz CT molecular complexity index is 1800. The summed E-state index contributed by atoms with van der Waals surface area (Å²) >= 11 is 0. The average molecular weight is 805 g/mol. The maximum Gasteiger partial charge on any atom is 0.340 e. The molecule has 0 aromatic heterocycles. The van der Waals surface area contributed by atoms with Crippen LogP contribution in [0.4, 0.5) is 0 Å². The highest BCUT2D eigenvalue weighted by molar-refractivity contribution is 6.09. The first-order valence-electron chi connectivity index (χ1n) is 19.8. The highest BCUT2D eigenvalue weighted by Crippen LogP contribution is 2.53. The number of carbonyl (C=O) groups excluding carboxylic acids is 1. The van der Waals surface area contributed by atoms with E-state index in [9.17, 15) is 15.0 Å². The van der Waals surface area contributed by atoms with Gasteiger partial charge in [-0.3, -0.25) is 0 Å². The zero-order valence-electron chi connectivity index (χ0n) is 32.7. The van der Waals surface area contributed by atoms with E-state index in [0.29, 0.717) is 129 Å². The van der Waals surface area contributed by atoms with Crippen molar-refractivity contribution >= 4 is 16.7 Å². The van der Waals surface area contributed by atoms with Crippen LogP contribution in [0.25, 0.3) is 10.8 Å². The van der Waals surface area contributed by atoms with E-state index in [1.165, 1.54) is 0 Å². The monoisotopic (exact) mass is 804 g/mol. The molecule has 0 unspecified atom stereocenters. The summed E-state index contributed by atoms with van der Waals surface area (Å²) in [6, 6.07) is 17.9. The molecular weight excluding hydrogens is 752 g/mol. The first-order valence-corrected chi connectivity index (χ1v) is 19.8. The van der Waals surface area contributed by atoms with Gasteiger partial charge in [-0.15, -0.1) is 0 Å². The highest BCUT2D eigenvalue weighted by atomic mass is 16.6. The van der Waals surface area contributed by atoms with Crippen LogP contribution in [-0.2, 0) is 84.1 Å². The van der Waals surface area contributed by atoms with Crippen LogP contribution in [0.15, 0.2) is 60.7 Å². The molecule has 14 nitrogen and oxygen atoms in total. The Labute approximate surface area is 337 Å². The summed E-state index contributed by atoms with van der Waals surface area (Å²) in [6.07, 6.45) is 0. The second-order valence-corrected chi connectivity index (χ2v) is 13.9. The second-order valence-electron chi connectivity index (χ2n) is 13.9. The van der Waals surface area contributed by atoms with Crippen molar-refractivity contribution in [3.63, 3.8) is 0 Å². The van der Waals surface area contributed by atoms with Crippen molar-refractivity contribution < 1.29 is 67.1 Å². The Morgan fingerprint density at radius 1 is 0.431 bits per heavy atom. The third-order valence-corrected chi connectivity index (χ3v) is 10.0. The van der Waals surface area contributed by atoms with Gasteiger partial charge in [0.1, 0.15) is 11.5 Å². The first kappa shape index (κ1) is 42.0. The number of ether oxygens (including phenoxy) is 11. The second kappa shape index (κ2) is 21.2. The predicted molar refractivity (Wildman–Crippen MR) is 209 cm³/mol. The molecule has 4 bridgehead atoms. The fourth-order valence-electron chi connectivity index (χ4n) is 7.69. The molecular formula is C44H52O14. The number of phenolic OH excluding ortho intramolecular Hbond substituents is 2. The first-order chi connectivity index (χ1) is 28.6. The molecule has 0 radical (unpaired) electrons. The van der Waals surface area contributed by atoms with Crippen LogP contribution >= 0.6 is 0 Å². The zero-order valence-corrected chi connectivity index (χ0v) is 32.7. The molecule has 0 fully saturated rings. The summed E-state index contributed by atoms with van der Waals surface area (Å²) in [5.41, 5.74) is 2.65. The van der Waals surface area contributed by atoms with Crippen molar-refractivity contribution in [2.24, 2.45) is 0 Å². The number of hydrogen-bond acceptors (Lipinski definition) is 14. The van der Waals surface area contributed by atoms with Gasteiger partial charge in [0.05, 0.1) is 138 Å². The standard InChI is InChI=1S/C44H52O14/c45-36-23-32-27-54-19-15-50-11-7-48-8-12-51-16-20-55-28-33(24-36)41(32)44(39-6-2-4-31-3-1-5-38(40(31)39)43(47)58-44)42-34-25-37(46)26-35(42)30-57-22-18-53-14-10-49-9-13-52-17-21-56-29-34/h1-6,23-26,45-46H,7-22,27-30H2. The smallest absolute Gasteiger partial charge is 0.340 e. The summed E-state index contributed by atoms with van der Waals surface area (Å²) in [7, 11) is 0. The molecule has 3 aliphatic heterocycles. The largest absolute Gasteiger partial charge is 0.508 e. The van der Waals surface area contributed by atoms with E-state index in [1.807, 2.05) is 30.3 Å². The minimum Gasteiger partial charge on any atom is -0.508 e. The molecule has 0 atom stereocenters. The number of rotatable bonds is 2.